The van der Waals surface area contributed by atoms with E-state index in [0.717, 1.165) is 19.6 Å². The van der Waals surface area contributed by atoms with E-state index in [2.05, 4.69) is 19.2 Å². The molecule has 3 nitrogen and oxygen atoms in total. The van der Waals surface area contributed by atoms with Crippen molar-refractivity contribution in [1.29, 1.82) is 0 Å². The van der Waals surface area contributed by atoms with Crippen LogP contribution in [-0.4, -0.2) is 25.2 Å². The van der Waals surface area contributed by atoms with Crippen molar-refractivity contribution in [3.63, 3.8) is 0 Å². The van der Waals surface area contributed by atoms with Crippen LogP contribution in [0.1, 0.15) is 46.0 Å². The summed E-state index contributed by atoms with van der Waals surface area (Å²) in [4.78, 5) is 10.3. The zero-order valence-electron chi connectivity index (χ0n) is 9.92. The lowest BCUT2D eigenvalue weighted by Gasteiger charge is -2.20. The summed E-state index contributed by atoms with van der Waals surface area (Å²) in [5.74, 6) is 0.764. The fraction of sp³-hybridized carbons (Fsp3) is 0.917. The fourth-order valence-corrected chi connectivity index (χ4v) is 1.88. The summed E-state index contributed by atoms with van der Waals surface area (Å²) in [6, 6.07) is 0. The number of carbonyl (C=O) groups is 1. The van der Waals surface area contributed by atoms with Crippen molar-refractivity contribution in [2.75, 3.05) is 13.2 Å². The Hall–Kier alpha value is -0.570. The lowest BCUT2D eigenvalue weighted by atomic mass is 10.1. The van der Waals surface area contributed by atoms with E-state index in [4.69, 9.17) is 4.74 Å². The van der Waals surface area contributed by atoms with Gasteiger partial charge in [0, 0.05) is 19.6 Å². The molecule has 0 aromatic rings. The van der Waals surface area contributed by atoms with Crippen LogP contribution >= 0.6 is 0 Å². The second-order valence-electron chi connectivity index (χ2n) is 4.51. The van der Waals surface area contributed by atoms with E-state index >= 15 is 0 Å². The molecule has 88 valence electrons. The maximum atomic E-state index is 10.3. The number of ether oxygens (including phenoxy) is 1. The zero-order valence-corrected chi connectivity index (χ0v) is 9.92. The highest BCUT2D eigenvalue weighted by Gasteiger charge is 2.15. The summed E-state index contributed by atoms with van der Waals surface area (Å²) in [5, 5.41) is 2.73. The molecule has 2 heterocycles. The number of hydrogen-bond acceptors (Lipinski definition) is 2. The van der Waals surface area contributed by atoms with Gasteiger partial charge in [-0.3, -0.25) is 4.79 Å². The van der Waals surface area contributed by atoms with Crippen LogP contribution in [-0.2, 0) is 9.53 Å². The molecule has 3 heteroatoms. The highest BCUT2D eigenvalue weighted by Crippen LogP contribution is 2.14. The van der Waals surface area contributed by atoms with E-state index in [-0.39, 0.29) is 5.91 Å². The predicted octanol–water partition coefficient (Wildman–Crippen LogP) is 2.11. The van der Waals surface area contributed by atoms with Gasteiger partial charge >= 0.3 is 0 Å². The van der Waals surface area contributed by atoms with Crippen LogP contribution < -0.4 is 5.32 Å². The van der Waals surface area contributed by atoms with Crippen molar-refractivity contribution in [2.24, 2.45) is 5.92 Å². The number of amides is 1. The van der Waals surface area contributed by atoms with Crippen molar-refractivity contribution < 1.29 is 9.53 Å². The molecular weight excluding hydrogens is 190 g/mol. The van der Waals surface area contributed by atoms with E-state index in [1.165, 1.54) is 25.7 Å². The third-order valence-corrected chi connectivity index (χ3v) is 2.91. The van der Waals surface area contributed by atoms with E-state index < -0.39 is 0 Å². The molecule has 0 bridgehead atoms. The van der Waals surface area contributed by atoms with Gasteiger partial charge in [-0.25, -0.2) is 0 Å². The minimum absolute atomic E-state index is 0.201. The standard InChI is InChI=1S/C7H14O.C5H9NO/c1-2-7-5-3-4-6-8-7;1-4-2-5(7)6-3-4/h7H,2-6H2,1H3;4H,2-3H2,1H3,(H,6,7). The molecule has 2 fully saturated rings. The first-order valence-corrected chi connectivity index (χ1v) is 6.10. The minimum atomic E-state index is 0.201. The van der Waals surface area contributed by atoms with Crippen LogP contribution in [0.15, 0.2) is 0 Å². The quantitative estimate of drug-likeness (QED) is 0.724. The SMILES string of the molecule is CC1CNC(=O)C1.CCC1CCCCO1. The number of hydrogen-bond donors (Lipinski definition) is 1. The summed E-state index contributed by atoms with van der Waals surface area (Å²) < 4.78 is 5.43. The van der Waals surface area contributed by atoms with E-state index in [1.807, 2.05) is 0 Å². The van der Waals surface area contributed by atoms with Crippen molar-refractivity contribution in [2.45, 2.75) is 52.1 Å². The average Bonchev–Trinajstić information content (AvgIpc) is 2.65. The van der Waals surface area contributed by atoms with Gasteiger partial charge in [-0.1, -0.05) is 13.8 Å². The molecule has 2 aliphatic heterocycles. The van der Waals surface area contributed by atoms with Crippen LogP contribution in [0, 0.1) is 5.92 Å². The van der Waals surface area contributed by atoms with Crippen molar-refractivity contribution in [3.05, 3.63) is 0 Å². The molecule has 2 atom stereocenters. The van der Waals surface area contributed by atoms with Gasteiger partial charge in [-0.2, -0.15) is 0 Å². The summed E-state index contributed by atoms with van der Waals surface area (Å²) in [7, 11) is 0. The Morgan fingerprint density at radius 2 is 2.27 bits per heavy atom. The Labute approximate surface area is 92.6 Å². The fourth-order valence-electron chi connectivity index (χ4n) is 1.88. The van der Waals surface area contributed by atoms with Crippen LogP contribution in [0.5, 0.6) is 0 Å². The maximum Gasteiger partial charge on any atom is 0.220 e. The van der Waals surface area contributed by atoms with Gasteiger partial charge < -0.3 is 10.1 Å². The molecule has 0 aromatic heterocycles. The second kappa shape index (κ2) is 6.83. The normalized spacial score (nSPS) is 30.4. The molecule has 2 rings (SSSR count). The highest BCUT2D eigenvalue weighted by molar-refractivity contribution is 5.78. The summed E-state index contributed by atoms with van der Waals surface area (Å²) in [6.07, 6.45) is 6.44. The first-order chi connectivity index (χ1) is 7.22. The third-order valence-electron chi connectivity index (χ3n) is 2.91. The van der Waals surface area contributed by atoms with Crippen molar-refractivity contribution in [1.82, 2.24) is 5.32 Å². The van der Waals surface area contributed by atoms with Gasteiger partial charge in [0.1, 0.15) is 0 Å². The Morgan fingerprint density at radius 3 is 2.53 bits per heavy atom. The molecule has 2 unspecified atom stereocenters. The monoisotopic (exact) mass is 213 g/mol. The first-order valence-electron chi connectivity index (χ1n) is 6.10. The largest absolute Gasteiger partial charge is 0.378 e. The Balaban J connectivity index is 0.000000151. The molecule has 0 aromatic carbocycles. The maximum absolute atomic E-state index is 10.3. The van der Waals surface area contributed by atoms with Gasteiger partial charge in [-0.15, -0.1) is 0 Å². The minimum Gasteiger partial charge on any atom is -0.378 e. The van der Waals surface area contributed by atoms with E-state index in [9.17, 15) is 4.79 Å². The summed E-state index contributed by atoms with van der Waals surface area (Å²) in [5.41, 5.74) is 0. The van der Waals surface area contributed by atoms with Gasteiger partial charge in [-0.05, 0) is 31.6 Å². The topological polar surface area (TPSA) is 38.3 Å². The molecule has 0 radical (unpaired) electrons. The Morgan fingerprint density at radius 1 is 1.47 bits per heavy atom. The molecule has 0 spiro atoms. The number of rotatable bonds is 1. The molecule has 2 saturated heterocycles. The lowest BCUT2D eigenvalue weighted by molar-refractivity contribution is -0.119. The van der Waals surface area contributed by atoms with Crippen LogP contribution in [0.2, 0.25) is 0 Å². The lowest BCUT2D eigenvalue weighted by Crippen LogP contribution is -2.17. The summed E-state index contributed by atoms with van der Waals surface area (Å²) >= 11 is 0. The first kappa shape index (κ1) is 12.5. The molecule has 2 aliphatic rings. The second-order valence-corrected chi connectivity index (χ2v) is 4.51. The number of carbonyl (C=O) groups excluding carboxylic acids is 1. The molecule has 1 N–H and O–H groups in total. The Bertz CT molecular complexity index is 188. The van der Waals surface area contributed by atoms with Crippen LogP contribution in [0.25, 0.3) is 0 Å². The van der Waals surface area contributed by atoms with E-state index in [0.29, 0.717) is 12.0 Å². The molecule has 15 heavy (non-hydrogen) atoms. The van der Waals surface area contributed by atoms with Gasteiger partial charge in [0.05, 0.1) is 6.10 Å². The highest BCUT2D eigenvalue weighted by atomic mass is 16.5. The van der Waals surface area contributed by atoms with Gasteiger partial charge in [0.2, 0.25) is 5.91 Å². The zero-order chi connectivity index (χ0) is 11.1. The molecular formula is C12H23NO2. The Kier molecular flexibility index (Phi) is 5.69. The van der Waals surface area contributed by atoms with Crippen molar-refractivity contribution in [3.8, 4) is 0 Å². The van der Waals surface area contributed by atoms with E-state index in [1.54, 1.807) is 0 Å². The smallest absolute Gasteiger partial charge is 0.220 e. The molecule has 1 amide bonds. The molecule has 0 aliphatic carbocycles. The van der Waals surface area contributed by atoms with Crippen molar-refractivity contribution >= 4 is 5.91 Å². The predicted molar refractivity (Wildman–Crippen MR) is 60.7 cm³/mol. The molecule has 0 saturated carbocycles. The van der Waals surface area contributed by atoms with Gasteiger partial charge in [0.15, 0.2) is 0 Å². The van der Waals surface area contributed by atoms with Crippen LogP contribution in [0.4, 0.5) is 0 Å². The van der Waals surface area contributed by atoms with Gasteiger partial charge in [0.25, 0.3) is 0 Å². The third kappa shape index (κ3) is 5.17. The number of nitrogens with one attached hydrogen (secondary N) is 1. The average molecular weight is 213 g/mol. The van der Waals surface area contributed by atoms with Crippen LogP contribution in [0.3, 0.4) is 0 Å². The summed E-state index contributed by atoms with van der Waals surface area (Å²) in [6.45, 7) is 6.13.